The van der Waals surface area contributed by atoms with Gasteiger partial charge in [-0.1, -0.05) is 42.5 Å². The van der Waals surface area contributed by atoms with Crippen LogP contribution in [0.15, 0.2) is 78.9 Å². The van der Waals surface area contributed by atoms with Gasteiger partial charge in [0.1, 0.15) is 0 Å². The van der Waals surface area contributed by atoms with Crippen LogP contribution in [0.5, 0.6) is 0 Å². The summed E-state index contributed by atoms with van der Waals surface area (Å²) in [5.74, 6) is -0.0306. The number of nitrogens with zero attached hydrogens (tertiary/aromatic N) is 2. The zero-order valence-corrected chi connectivity index (χ0v) is 17.8. The van der Waals surface area contributed by atoms with E-state index in [2.05, 4.69) is 11.4 Å². The van der Waals surface area contributed by atoms with Crippen molar-refractivity contribution in [1.82, 2.24) is 0 Å². The number of hydrogen-bond donors (Lipinski definition) is 1. The van der Waals surface area contributed by atoms with E-state index in [-0.39, 0.29) is 18.4 Å². The molecule has 0 unspecified atom stereocenters. The number of rotatable bonds is 6. The first-order valence-electron chi connectivity index (χ1n) is 10.8. The molecule has 1 aliphatic heterocycles. The van der Waals surface area contributed by atoms with Crippen LogP contribution in [0.4, 0.5) is 17.1 Å². The van der Waals surface area contributed by atoms with Crippen LogP contribution in [0.25, 0.3) is 0 Å². The van der Waals surface area contributed by atoms with Crippen LogP contribution < -0.4 is 15.1 Å². The average Bonchev–Trinajstić information content (AvgIpc) is 2.83. The largest absolute Gasteiger partial charge is 0.376 e. The van der Waals surface area contributed by atoms with Crippen molar-refractivity contribution in [1.29, 1.82) is 0 Å². The number of benzene rings is 3. The van der Waals surface area contributed by atoms with Crippen molar-refractivity contribution >= 4 is 28.9 Å². The van der Waals surface area contributed by atoms with E-state index in [0.29, 0.717) is 12.1 Å². The van der Waals surface area contributed by atoms with E-state index < -0.39 is 0 Å². The van der Waals surface area contributed by atoms with Crippen molar-refractivity contribution in [2.45, 2.75) is 19.8 Å². The molecular formula is C26H27N3O2. The molecule has 0 aliphatic carbocycles. The first-order chi connectivity index (χ1) is 15.2. The van der Waals surface area contributed by atoms with Crippen molar-refractivity contribution in [2.75, 3.05) is 34.8 Å². The second-order valence-electron chi connectivity index (χ2n) is 7.60. The van der Waals surface area contributed by atoms with Crippen LogP contribution in [0.1, 0.15) is 29.3 Å². The highest BCUT2D eigenvalue weighted by Crippen LogP contribution is 2.27. The molecule has 158 valence electrons. The summed E-state index contributed by atoms with van der Waals surface area (Å²) in [7, 11) is 0. The number of fused-ring (bicyclic) bond motifs is 1. The van der Waals surface area contributed by atoms with Gasteiger partial charge in [0.25, 0.3) is 5.91 Å². The number of carbonyl (C=O) groups excluding carboxylic acids is 2. The highest BCUT2D eigenvalue weighted by molar-refractivity contribution is 6.06. The fourth-order valence-electron chi connectivity index (χ4n) is 4.04. The van der Waals surface area contributed by atoms with E-state index in [1.807, 2.05) is 84.6 Å². The molecule has 4 rings (SSSR count). The molecule has 1 N–H and O–H groups in total. The zero-order valence-electron chi connectivity index (χ0n) is 17.8. The Morgan fingerprint density at radius 1 is 0.968 bits per heavy atom. The Bertz CT molecular complexity index is 1070. The van der Waals surface area contributed by atoms with Crippen LogP contribution in [0.2, 0.25) is 0 Å². The highest BCUT2D eigenvalue weighted by atomic mass is 16.2. The Kier molecular flexibility index (Phi) is 6.32. The summed E-state index contributed by atoms with van der Waals surface area (Å²) >= 11 is 0. The van der Waals surface area contributed by atoms with Gasteiger partial charge in [0.15, 0.2) is 0 Å². The fraction of sp³-hybridized carbons (Fsp3) is 0.231. The van der Waals surface area contributed by atoms with Crippen LogP contribution >= 0.6 is 0 Å². The van der Waals surface area contributed by atoms with E-state index >= 15 is 0 Å². The summed E-state index contributed by atoms with van der Waals surface area (Å²) in [4.78, 5) is 29.6. The lowest BCUT2D eigenvalue weighted by Gasteiger charge is -2.29. The second-order valence-corrected chi connectivity index (χ2v) is 7.60. The summed E-state index contributed by atoms with van der Waals surface area (Å²) in [6, 6.07) is 25.1. The molecule has 0 spiro atoms. The Hall–Kier alpha value is -3.60. The summed E-state index contributed by atoms with van der Waals surface area (Å²) < 4.78 is 0. The molecule has 0 saturated heterocycles. The van der Waals surface area contributed by atoms with Crippen LogP contribution in [0.3, 0.4) is 0 Å². The number of hydrogen-bond acceptors (Lipinski definition) is 3. The van der Waals surface area contributed by atoms with E-state index in [1.165, 1.54) is 5.56 Å². The molecule has 31 heavy (non-hydrogen) atoms. The zero-order chi connectivity index (χ0) is 21.6. The smallest absolute Gasteiger partial charge is 0.258 e. The SMILES string of the molecule is CCN(C(=O)c1cccc(NCC(=O)N2CCCc3ccccc32)c1)c1ccccc1. The molecule has 5 heteroatoms. The lowest BCUT2D eigenvalue weighted by atomic mass is 10.0. The molecule has 2 amide bonds. The summed E-state index contributed by atoms with van der Waals surface area (Å²) in [6.45, 7) is 3.45. The number of aryl methyl sites for hydroxylation is 1. The monoisotopic (exact) mass is 413 g/mol. The van der Waals surface area contributed by atoms with Gasteiger partial charge in [-0.05, 0) is 61.7 Å². The molecule has 0 radical (unpaired) electrons. The molecule has 0 fully saturated rings. The van der Waals surface area contributed by atoms with Gasteiger partial charge in [0, 0.05) is 35.7 Å². The molecule has 0 aromatic heterocycles. The Labute approximate surface area is 183 Å². The van der Waals surface area contributed by atoms with Crippen LogP contribution in [0, 0.1) is 0 Å². The molecule has 0 atom stereocenters. The quantitative estimate of drug-likeness (QED) is 0.635. The minimum absolute atomic E-state index is 0.0309. The minimum atomic E-state index is -0.0614. The normalized spacial score (nSPS) is 12.7. The number of nitrogens with one attached hydrogen (secondary N) is 1. The number of carbonyl (C=O) groups is 2. The standard InChI is InChI=1S/C26H27N3O2/c1-2-28(23-14-4-3-5-15-23)26(31)21-11-8-13-22(18-21)27-19-25(30)29-17-9-12-20-10-6-7-16-24(20)29/h3-8,10-11,13-16,18,27H,2,9,12,17,19H2,1H3. The fourth-order valence-corrected chi connectivity index (χ4v) is 4.04. The first-order valence-corrected chi connectivity index (χ1v) is 10.8. The van der Waals surface area contributed by atoms with Gasteiger partial charge in [-0.15, -0.1) is 0 Å². The topological polar surface area (TPSA) is 52.7 Å². The van der Waals surface area contributed by atoms with Gasteiger partial charge in [0.2, 0.25) is 5.91 Å². The van der Waals surface area contributed by atoms with Gasteiger partial charge in [0.05, 0.1) is 6.54 Å². The maximum Gasteiger partial charge on any atom is 0.258 e. The Morgan fingerprint density at radius 2 is 1.74 bits per heavy atom. The van der Waals surface area contributed by atoms with Gasteiger partial charge < -0.3 is 15.1 Å². The number of anilines is 3. The summed E-state index contributed by atoms with van der Waals surface area (Å²) in [5, 5.41) is 3.20. The van der Waals surface area contributed by atoms with Crippen LogP contribution in [-0.4, -0.2) is 31.4 Å². The van der Waals surface area contributed by atoms with E-state index in [4.69, 9.17) is 0 Å². The van der Waals surface area contributed by atoms with E-state index in [0.717, 1.165) is 36.4 Å². The molecule has 3 aromatic rings. The third kappa shape index (κ3) is 4.61. The predicted octanol–water partition coefficient (Wildman–Crippen LogP) is 4.74. The predicted molar refractivity (Wildman–Crippen MR) is 126 cm³/mol. The third-order valence-corrected chi connectivity index (χ3v) is 5.59. The van der Waals surface area contributed by atoms with Crippen molar-refractivity contribution in [3.63, 3.8) is 0 Å². The Balaban J connectivity index is 1.45. The molecule has 0 bridgehead atoms. The van der Waals surface area contributed by atoms with Crippen LogP contribution in [-0.2, 0) is 11.2 Å². The molecule has 3 aromatic carbocycles. The Morgan fingerprint density at radius 3 is 2.55 bits per heavy atom. The third-order valence-electron chi connectivity index (χ3n) is 5.59. The average molecular weight is 414 g/mol. The second kappa shape index (κ2) is 9.47. The maximum atomic E-state index is 13.1. The molecule has 1 heterocycles. The number of para-hydroxylation sites is 2. The van der Waals surface area contributed by atoms with E-state index in [9.17, 15) is 9.59 Å². The molecule has 0 saturated carbocycles. The number of amides is 2. The van der Waals surface area contributed by atoms with Crippen molar-refractivity contribution in [3.05, 3.63) is 90.0 Å². The van der Waals surface area contributed by atoms with Gasteiger partial charge in [-0.2, -0.15) is 0 Å². The van der Waals surface area contributed by atoms with Gasteiger partial charge in [-0.3, -0.25) is 9.59 Å². The lowest BCUT2D eigenvalue weighted by molar-refractivity contribution is -0.117. The molecule has 1 aliphatic rings. The van der Waals surface area contributed by atoms with Gasteiger partial charge >= 0.3 is 0 Å². The van der Waals surface area contributed by atoms with E-state index in [1.54, 1.807) is 4.90 Å². The lowest BCUT2D eigenvalue weighted by Crippen LogP contribution is -2.39. The minimum Gasteiger partial charge on any atom is -0.376 e. The van der Waals surface area contributed by atoms with Crippen molar-refractivity contribution in [3.8, 4) is 0 Å². The summed E-state index contributed by atoms with van der Waals surface area (Å²) in [5.41, 5.74) is 4.44. The van der Waals surface area contributed by atoms with Gasteiger partial charge in [-0.25, -0.2) is 0 Å². The summed E-state index contributed by atoms with van der Waals surface area (Å²) in [6.07, 6.45) is 1.98. The highest BCUT2D eigenvalue weighted by Gasteiger charge is 2.22. The van der Waals surface area contributed by atoms with Crippen molar-refractivity contribution < 1.29 is 9.59 Å². The maximum absolute atomic E-state index is 13.1. The first kappa shape index (κ1) is 20.7. The molecular weight excluding hydrogens is 386 g/mol. The van der Waals surface area contributed by atoms with Crippen molar-refractivity contribution in [2.24, 2.45) is 0 Å². The molecule has 5 nitrogen and oxygen atoms in total.